The molecule has 0 aliphatic rings. The molecule has 0 saturated carbocycles. The molecule has 2 aromatic rings. The second-order valence-electron chi connectivity index (χ2n) is 5.04. The van der Waals surface area contributed by atoms with Crippen molar-refractivity contribution in [3.05, 3.63) is 71.9 Å². The lowest BCUT2D eigenvalue weighted by atomic mass is 10.1. The highest BCUT2D eigenvalue weighted by molar-refractivity contribution is 7.98. The first kappa shape index (κ1) is 17.6. The fraction of sp³-hybridized carbons (Fsp3) is 0.158. The van der Waals surface area contributed by atoms with Crippen LogP contribution >= 0.6 is 11.8 Å². The molecule has 24 heavy (non-hydrogen) atoms. The number of hydrogen-bond acceptors (Lipinski definition) is 4. The molecule has 0 heterocycles. The molecular weight excluding hydrogens is 318 g/mol. The summed E-state index contributed by atoms with van der Waals surface area (Å²) in [5, 5.41) is 14.9. The minimum absolute atomic E-state index is 0.0533. The third kappa shape index (κ3) is 5.49. The van der Waals surface area contributed by atoms with Crippen LogP contribution in [0.3, 0.4) is 0 Å². The molecule has 0 aliphatic carbocycles. The van der Waals surface area contributed by atoms with Gasteiger partial charge in [0.2, 0.25) is 0 Å². The largest absolute Gasteiger partial charge is 0.360 e. The predicted octanol–water partition coefficient (Wildman–Crippen LogP) is 3.59. The van der Waals surface area contributed by atoms with Crippen molar-refractivity contribution in [3.63, 3.8) is 0 Å². The second-order valence-corrected chi connectivity index (χ2v) is 5.92. The van der Waals surface area contributed by atoms with Gasteiger partial charge in [0.05, 0.1) is 0 Å². The number of rotatable bonds is 7. The van der Waals surface area contributed by atoms with Crippen LogP contribution in [-0.4, -0.2) is 18.7 Å². The minimum Gasteiger partial charge on any atom is -0.360 e. The first-order chi connectivity index (χ1) is 11.7. The molecule has 0 bridgehead atoms. The Kier molecular flexibility index (Phi) is 6.93. The number of nitriles is 1. The number of thioether (sulfide) groups is 1. The zero-order chi connectivity index (χ0) is 17.2. The molecule has 1 amide bonds. The Morgan fingerprint density at radius 3 is 2.71 bits per heavy atom. The number of hydrogen-bond donors (Lipinski definition) is 2. The van der Waals surface area contributed by atoms with E-state index in [2.05, 4.69) is 10.6 Å². The molecule has 0 atom stereocenters. The molecule has 0 unspecified atom stereocenters. The molecule has 122 valence electrons. The van der Waals surface area contributed by atoms with Crippen LogP contribution < -0.4 is 10.6 Å². The molecule has 2 aromatic carbocycles. The maximum Gasteiger partial charge on any atom is 0.263 e. The maximum absolute atomic E-state index is 12.1. The molecule has 5 heteroatoms. The van der Waals surface area contributed by atoms with Gasteiger partial charge in [-0.25, -0.2) is 0 Å². The van der Waals surface area contributed by atoms with Crippen molar-refractivity contribution >= 4 is 23.4 Å². The summed E-state index contributed by atoms with van der Waals surface area (Å²) in [4.78, 5) is 13.2. The first-order valence-corrected chi connectivity index (χ1v) is 8.78. The number of amides is 1. The Hall–Kier alpha value is -2.71. The lowest BCUT2D eigenvalue weighted by molar-refractivity contribution is -0.117. The summed E-state index contributed by atoms with van der Waals surface area (Å²) < 4.78 is 0. The van der Waals surface area contributed by atoms with Gasteiger partial charge < -0.3 is 10.6 Å². The summed E-state index contributed by atoms with van der Waals surface area (Å²) in [6, 6.07) is 19.6. The van der Waals surface area contributed by atoms with Crippen molar-refractivity contribution < 1.29 is 4.79 Å². The molecule has 0 aromatic heterocycles. The number of anilines is 1. The van der Waals surface area contributed by atoms with E-state index in [4.69, 9.17) is 5.26 Å². The Labute approximate surface area is 146 Å². The quantitative estimate of drug-likeness (QED) is 0.460. The fourth-order valence-corrected chi connectivity index (χ4v) is 2.54. The van der Waals surface area contributed by atoms with E-state index in [0.29, 0.717) is 6.54 Å². The van der Waals surface area contributed by atoms with Gasteiger partial charge in [0.25, 0.3) is 5.91 Å². The SMILES string of the molecule is CSc1cccc(N/C=C(/C#N)C(=O)NCCc2ccccc2)c1. The van der Waals surface area contributed by atoms with Crippen LogP contribution in [0.5, 0.6) is 0 Å². The van der Waals surface area contributed by atoms with Gasteiger partial charge in [-0.15, -0.1) is 11.8 Å². The molecule has 0 aliphatic heterocycles. The van der Waals surface area contributed by atoms with E-state index in [0.717, 1.165) is 22.6 Å². The van der Waals surface area contributed by atoms with Gasteiger partial charge in [-0.05, 0) is 36.4 Å². The number of nitrogens with one attached hydrogen (secondary N) is 2. The number of benzene rings is 2. The lowest BCUT2D eigenvalue weighted by Crippen LogP contribution is -2.27. The molecule has 2 rings (SSSR count). The van der Waals surface area contributed by atoms with Crippen molar-refractivity contribution in [2.24, 2.45) is 0 Å². The fourth-order valence-electron chi connectivity index (χ4n) is 2.08. The molecule has 4 nitrogen and oxygen atoms in total. The van der Waals surface area contributed by atoms with Crippen molar-refractivity contribution in [2.45, 2.75) is 11.3 Å². The van der Waals surface area contributed by atoms with Gasteiger partial charge in [-0.3, -0.25) is 4.79 Å². The third-order valence-electron chi connectivity index (χ3n) is 3.36. The smallest absolute Gasteiger partial charge is 0.263 e. The second kappa shape index (κ2) is 9.43. The molecule has 0 spiro atoms. The van der Waals surface area contributed by atoms with E-state index in [1.165, 1.54) is 6.20 Å². The van der Waals surface area contributed by atoms with Crippen LogP contribution in [0, 0.1) is 11.3 Å². The molecule has 0 fully saturated rings. The molecule has 0 saturated heterocycles. The standard InChI is InChI=1S/C19H19N3OS/c1-24-18-9-5-8-17(12-18)22-14-16(13-20)19(23)21-11-10-15-6-3-2-4-7-15/h2-9,12,14,22H,10-11H2,1H3,(H,21,23)/b16-14-. The normalized spacial score (nSPS) is 10.8. The Morgan fingerprint density at radius 2 is 2.00 bits per heavy atom. The van der Waals surface area contributed by atoms with E-state index in [9.17, 15) is 4.79 Å². The summed E-state index contributed by atoms with van der Waals surface area (Å²) in [7, 11) is 0. The van der Waals surface area contributed by atoms with E-state index in [1.54, 1.807) is 11.8 Å². The van der Waals surface area contributed by atoms with Crippen molar-refractivity contribution in [3.8, 4) is 6.07 Å². The highest BCUT2D eigenvalue weighted by Gasteiger charge is 2.08. The van der Waals surface area contributed by atoms with Crippen molar-refractivity contribution in [1.29, 1.82) is 5.26 Å². The minimum atomic E-state index is -0.373. The summed E-state index contributed by atoms with van der Waals surface area (Å²) in [5.74, 6) is -0.373. The van der Waals surface area contributed by atoms with E-state index in [1.807, 2.05) is 66.9 Å². The molecule has 0 radical (unpaired) electrons. The number of carbonyl (C=O) groups excluding carboxylic acids is 1. The van der Waals surface area contributed by atoms with E-state index < -0.39 is 0 Å². The van der Waals surface area contributed by atoms with Crippen LogP contribution in [-0.2, 0) is 11.2 Å². The summed E-state index contributed by atoms with van der Waals surface area (Å²) in [6.45, 7) is 0.490. The monoisotopic (exact) mass is 337 g/mol. The average Bonchev–Trinajstić information content (AvgIpc) is 2.63. The Bertz CT molecular complexity index is 751. The Morgan fingerprint density at radius 1 is 1.21 bits per heavy atom. The molecule has 2 N–H and O–H groups in total. The van der Waals surface area contributed by atoms with Crippen molar-refractivity contribution in [2.75, 3.05) is 18.1 Å². The average molecular weight is 337 g/mol. The van der Waals surface area contributed by atoms with E-state index in [-0.39, 0.29) is 11.5 Å². The lowest BCUT2D eigenvalue weighted by Gasteiger charge is -2.06. The highest BCUT2D eigenvalue weighted by atomic mass is 32.2. The van der Waals surface area contributed by atoms with Gasteiger partial charge in [0.15, 0.2) is 0 Å². The van der Waals surface area contributed by atoms with Crippen LogP contribution in [0.2, 0.25) is 0 Å². The van der Waals surface area contributed by atoms with Crippen molar-refractivity contribution in [1.82, 2.24) is 5.32 Å². The number of carbonyl (C=O) groups is 1. The van der Waals surface area contributed by atoms with Crippen LogP contribution in [0.1, 0.15) is 5.56 Å². The van der Waals surface area contributed by atoms with Crippen LogP contribution in [0.15, 0.2) is 71.3 Å². The first-order valence-electron chi connectivity index (χ1n) is 7.56. The highest BCUT2D eigenvalue weighted by Crippen LogP contribution is 2.19. The summed E-state index contributed by atoms with van der Waals surface area (Å²) >= 11 is 1.63. The summed E-state index contributed by atoms with van der Waals surface area (Å²) in [5.41, 5.74) is 2.04. The van der Waals surface area contributed by atoms with Crippen LogP contribution in [0.4, 0.5) is 5.69 Å². The van der Waals surface area contributed by atoms with Gasteiger partial charge >= 0.3 is 0 Å². The summed E-state index contributed by atoms with van der Waals surface area (Å²) in [6.07, 6.45) is 4.17. The van der Waals surface area contributed by atoms with Crippen LogP contribution in [0.25, 0.3) is 0 Å². The molecular formula is C19H19N3OS. The van der Waals surface area contributed by atoms with Gasteiger partial charge in [0.1, 0.15) is 11.6 Å². The van der Waals surface area contributed by atoms with Gasteiger partial charge in [-0.2, -0.15) is 5.26 Å². The maximum atomic E-state index is 12.1. The third-order valence-corrected chi connectivity index (χ3v) is 4.09. The zero-order valence-electron chi connectivity index (χ0n) is 13.5. The van der Waals surface area contributed by atoms with Gasteiger partial charge in [-0.1, -0.05) is 36.4 Å². The Balaban J connectivity index is 1.89. The zero-order valence-corrected chi connectivity index (χ0v) is 14.3. The van der Waals surface area contributed by atoms with Gasteiger partial charge in [0, 0.05) is 23.3 Å². The van der Waals surface area contributed by atoms with E-state index >= 15 is 0 Å². The number of nitrogens with zero attached hydrogens (tertiary/aromatic N) is 1. The predicted molar refractivity (Wildman–Crippen MR) is 98.7 cm³/mol. The topological polar surface area (TPSA) is 64.9 Å².